The molecule has 2 aromatic carbocycles. The van der Waals surface area contributed by atoms with E-state index in [-0.39, 0.29) is 18.2 Å². The number of carbonyl (C=O) groups is 2. The van der Waals surface area contributed by atoms with Gasteiger partial charge in [-0.1, -0.05) is 30.3 Å². The van der Waals surface area contributed by atoms with E-state index in [1.54, 1.807) is 24.3 Å². The molecule has 1 heterocycles. The molecule has 2 N–H and O–H groups in total. The van der Waals surface area contributed by atoms with Gasteiger partial charge < -0.3 is 5.32 Å². The first-order valence-corrected chi connectivity index (χ1v) is 8.65. The highest BCUT2D eigenvalue weighted by Crippen LogP contribution is 2.25. The highest BCUT2D eigenvalue weighted by atomic mass is 32.1. The zero-order valence-electron chi connectivity index (χ0n) is 13.7. The number of rotatable bonds is 6. The van der Waals surface area contributed by atoms with Crippen LogP contribution in [0.15, 0.2) is 60.0 Å². The lowest BCUT2D eigenvalue weighted by Crippen LogP contribution is -2.12. The molecule has 0 aliphatic carbocycles. The first-order valence-electron chi connectivity index (χ1n) is 7.77. The molecule has 0 saturated heterocycles. The summed E-state index contributed by atoms with van der Waals surface area (Å²) in [7, 11) is 0. The van der Waals surface area contributed by atoms with E-state index in [2.05, 4.69) is 15.6 Å². The van der Waals surface area contributed by atoms with Gasteiger partial charge in [0.2, 0.25) is 0 Å². The molecule has 0 atom stereocenters. The van der Waals surface area contributed by atoms with Gasteiger partial charge in [-0.3, -0.25) is 14.9 Å². The van der Waals surface area contributed by atoms with E-state index in [9.17, 15) is 9.59 Å². The van der Waals surface area contributed by atoms with E-state index in [0.717, 1.165) is 16.9 Å². The predicted octanol–water partition coefficient (Wildman–Crippen LogP) is 4.06. The molecule has 3 aromatic rings. The van der Waals surface area contributed by atoms with Crippen LogP contribution >= 0.6 is 11.3 Å². The summed E-state index contributed by atoms with van der Waals surface area (Å²) in [5.74, 6) is -0.160. The number of anilines is 2. The van der Waals surface area contributed by atoms with E-state index >= 15 is 0 Å². The van der Waals surface area contributed by atoms with Crippen LogP contribution in [0.2, 0.25) is 0 Å². The van der Waals surface area contributed by atoms with Crippen molar-refractivity contribution >= 4 is 33.8 Å². The lowest BCUT2D eigenvalue weighted by molar-refractivity contribution is -0.115. The van der Waals surface area contributed by atoms with E-state index in [0.29, 0.717) is 10.7 Å². The van der Waals surface area contributed by atoms with Gasteiger partial charge in [-0.25, -0.2) is 4.98 Å². The van der Waals surface area contributed by atoms with Crippen LogP contribution in [0.1, 0.15) is 17.3 Å². The number of Topliss-reactive ketones (excluding diaryl/α,β-unsaturated/α-hetero) is 1. The molecule has 1 aromatic heterocycles. The number of ketones is 1. The average Bonchev–Trinajstić information content (AvgIpc) is 3.09. The van der Waals surface area contributed by atoms with Crippen LogP contribution in [0.5, 0.6) is 0 Å². The molecule has 0 fully saturated rings. The van der Waals surface area contributed by atoms with Crippen molar-refractivity contribution in [3.8, 4) is 11.3 Å². The number of nitrogens with one attached hydrogen (secondary N) is 2. The third-order valence-corrected chi connectivity index (χ3v) is 4.24. The average molecular weight is 351 g/mol. The number of nitrogens with zero attached hydrogens (tertiary/aromatic N) is 1. The van der Waals surface area contributed by atoms with Crippen molar-refractivity contribution in [2.45, 2.75) is 6.92 Å². The van der Waals surface area contributed by atoms with Crippen molar-refractivity contribution in [3.63, 3.8) is 0 Å². The van der Waals surface area contributed by atoms with Gasteiger partial charge in [0.15, 0.2) is 5.13 Å². The molecule has 0 aliphatic rings. The zero-order chi connectivity index (χ0) is 17.6. The highest BCUT2D eigenvalue weighted by molar-refractivity contribution is 7.14. The fourth-order valence-electron chi connectivity index (χ4n) is 2.21. The Morgan fingerprint density at radius 1 is 1.04 bits per heavy atom. The van der Waals surface area contributed by atoms with E-state index in [1.165, 1.54) is 18.3 Å². The monoisotopic (exact) mass is 351 g/mol. The van der Waals surface area contributed by atoms with Gasteiger partial charge in [0.1, 0.15) is 5.78 Å². The molecule has 0 bridgehead atoms. The van der Waals surface area contributed by atoms with Gasteiger partial charge in [0.05, 0.1) is 12.2 Å². The third-order valence-electron chi connectivity index (χ3n) is 3.48. The van der Waals surface area contributed by atoms with Crippen LogP contribution in [0.4, 0.5) is 10.8 Å². The second-order valence-electron chi connectivity index (χ2n) is 5.49. The summed E-state index contributed by atoms with van der Waals surface area (Å²) in [4.78, 5) is 27.7. The summed E-state index contributed by atoms with van der Waals surface area (Å²) in [6.45, 7) is 1.79. The second-order valence-corrected chi connectivity index (χ2v) is 6.35. The SMILES string of the molecule is CC(=O)CNc1ccc(C(=O)Nc2nc(-c3ccccc3)cs2)cc1. The van der Waals surface area contributed by atoms with Crippen molar-refractivity contribution in [2.24, 2.45) is 0 Å². The molecule has 0 aliphatic heterocycles. The third kappa shape index (κ3) is 4.51. The lowest BCUT2D eigenvalue weighted by Gasteiger charge is -2.05. The van der Waals surface area contributed by atoms with E-state index in [1.807, 2.05) is 35.7 Å². The van der Waals surface area contributed by atoms with Crippen LogP contribution in [0, 0.1) is 0 Å². The van der Waals surface area contributed by atoms with Crippen molar-refractivity contribution < 1.29 is 9.59 Å². The van der Waals surface area contributed by atoms with Crippen molar-refractivity contribution in [3.05, 3.63) is 65.5 Å². The summed E-state index contributed by atoms with van der Waals surface area (Å²) < 4.78 is 0. The standard InChI is InChI=1S/C19H17N3O2S/c1-13(23)11-20-16-9-7-15(8-10-16)18(24)22-19-21-17(12-25-19)14-5-3-2-4-6-14/h2-10,12,20H,11H2,1H3,(H,21,22,24). The van der Waals surface area contributed by atoms with Crippen LogP contribution in [-0.4, -0.2) is 23.2 Å². The Bertz CT molecular complexity index is 873. The van der Waals surface area contributed by atoms with Crippen molar-refractivity contribution in [1.82, 2.24) is 4.98 Å². The normalized spacial score (nSPS) is 10.3. The van der Waals surface area contributed by atoms with Crippen LogP contribution in [0.3, 0.4) is 0 Å². The fraction of sp³-hybridized carbons (Fsp3) is 0.105. The molecule has 126 valence electrons. The molecule has 6 heteroatoms. The molecular formula is C19H17N3O2S. The molecule has 5 nitrogen and oxygen atoms in total. The Morgan fingerprint density at radius 2 is 1.76 bits per heavy atom. The predicted molar refractivity (Wildman–Crippen MR) is 101 cm³/mol. The maximum atomic E-state index is 12.3. The van der Waals surface area contributed by atoms with Crippen LogP contribution in [-0.2, 0) is 4.79 Å². The fourth-order valence-corrected chi connectivity index (χ4v) is 2.92. The molecule has 0 radical (unpaired) electrons. The van der Waals surface area contributed by atoms with Gasteiger partial charge in [0.25, 0.3) is 5.91 Å². The topological polar surface area (TPSA) is 71.1 Å². The second kappa shape index (κ2) is 7.72. The summed E-state index contributed by atoms with van der Waals surface area (Å²) in [6.07, 6.45) is 0. The van der Waals surface area contributed by atoms with Crippen molar-refractivity contribution in [2.75, 3.05) is 17.2 Å². The number of benzene rings is 2. The smallest absolute Gasteiger partial charge is 0.257 e. The first kappa shape index (κ1) is 16.9. The van der Waals surface area contributed by atoms with Gasteiger partial charge in [-0.05, 0) is 31.2 Å². The molecular weight excluding hydrogens is 334 g/mol. The Labute approximate surface area is 149 Å². The largest absolute Gasteiger partial charge is 0.378 e. The number of amides is 1. The number of thiazole rings is 1. The summed E-state index contributed by atoms with van der Waals surface area (Å²) in [6, 6.07) is 16.8. The Balaban J connectivity index is 1.64. The van der Waals surface area contributed by atoms with Gasteiger partial charge in [-0.15, -0.1) is 11.3 Å². The van der Waals surface area contributed by atoms with E-state index in [4.69, 9.17) is 0 Å². The molecule has 3 rings (SSSR count). The Hall–Kier alpha value is -2.99. The Kier molecular flexibility index (Phi) is 5.20. The van der Waals surface area contributed by atoms with Crippen LogP contribution < -0.4 is 10.6 Å². The number of hydrogen-bond acceptors (Lipinski definition) is 5. The Morgan fingerprint density at radius 3 is 2.44 bits per heavy atom. The van der Waals surface area contributed by atoms with Gasteiger partial charge in [0, 0.05) is 22.2 Å². The maximum Gasteiger partial charge on any atom is 0.257 e. The van der Waals surface area contributed by atoms with E-state index < -0.39 is 0 Å². The lowest BCUT2D eigenvalue weighted by atomic mass is 10.2. The summed E-state index contributed by atoms with van der Waals surface area (Å²) >= 11 is 1.39. The minimum atomic E-state index is -0.216. The quantitative estimate of drug-likeness (QED) is 0.702. The summed E-state index contributed by atoms with van der Waals surface area (Å²) in [5, 5.41) is 8.28. The molecule has 25 heavy (non-hydrogen) atoms. The maximum absolute atomic E-state index is 12.3. The summed E-state index contributed by atoms with van der Waals surface area (Å²) in [5.41, 5.74) is 3.18. The number of hydrogen-bond donors (Lipinski definition) is 2. The molecule has 1 amide bonds. The minimum Gasteiger partial charge on any atom is -0.378 e. The first-order chi connectivity index (χ1) is 12.1. The highest BCUT2D eigenvalue weighted by Gasteiger charge is 2.10. The zero-order valence-corrected chi connectivity index (χ0v) is 14.5. The van der Waals surface area contributed by atoms with Crippen molar-refractivity contribution in [1.29, 1.82) is 0 Å². The molecule has 0 saturated carbocycles. The molecule has 0 unspecified atom stereocenters. The molecule has 0 spiro atoms. The number of carbonyl (C=O) groups excluding carboxylic acids is 2. The van der Waals surface area contributed by atoms with Gasteiger partial charge >= 0.3 is 0 Å². The minimum absolute atomic E-state index is 0.0554. The van der Waals surface area contributed by atoms with Gasteiger partial charge in [-0.2, -0.15) is 0 Å². The number of aromatic nitrogens is 1. The van der Waals surface area contributed by atoms with Crippen LogP contribution in [0.25, 0.3) is 11.3 Å².